The van der Waals surface area contributed by atoms with Crippen molar-refractivity contribution in [2.24, 2.45) is 0 Å². The van der Waals surface area contributed by atoms with Crippen molar-refractivity contribution < 1.29 is 19.0 Å². The highest BCUT2D eigenvalue weighted by atomic mass is 35.5. The van der Waals surface area contributed by atoms with Crippen LogP contribution in [0.1, 0.15) is 44.1 Å². The maximum atomic E-state index is 12.3. The van der Waals surface area contributed by atoms with Crippen molar-refractivity contribution in [3.63, 3.8) is 0 Å². The Balaban J connectivity index is 0.000000229. The van der Waals surface area contributed by atoms with E-state index in [1.807, 2.05) is 69.3 Å². The Bertz CT molecular complexity index is 1710. The first-order valence-electron chi connectivity index (χ1n) is 15.5. The first kappa shape index (κ1) is 39.6. The number of morpholine rings is 2. The van der Waals surface area contributed by atoms with E-state index in [9.17, 15) is 4.79 Å². The number of hydrogen-bond donors (Lipinski definition) is 3. The van der Waals surface area contributed by atoms with Crippen LogP contribution >= 0.6 is 58.8 Å². The number of amides is 1. The number of nitrogens with one attached hydrogen (secondary N) is 3. The monoisotopic (exact) mass is 784 g/mol. The molecule has 2 aromatic heterocycles. The molecule has 0 saturated carbocycles. The first-order chi connectivity index (χ1) is 23.4. The zero-order valence-corrected chi connectivity index (χ0v) is 31.3. The number of halogens is 5. The Hall–Kier alpha value is -3.20. The summed E-state index contributed by atoms with van der Waals surface area (Å²) < 4.78 is 17.0. The molecule has 2 saturated heterocycles. The lowest BCUT2D eigenvalue weighted by Crippen LogP contribution is -2.44. The Labute approximate surface area is 316 Å². The molecule has 0 spiro atoms. The van der Waals surface area contributed by atoms with Crippen LogP contribution in [0, 0.1) is 0 Å². The summed E-state index contributed by atoms with van der Waals surface area (Å²) >= 11 is 23.7. The van der Waals surface area contributed by atoms with Gasteiger partial charge in [-0.05, 0) is 79.4 Å². The number of benzene rings is 2. The first-order valence-corrected chi connectivity index (χ1v) is 17.0. The molecule has 17 heteroatoms. The summed E-state index contributed by atoms with van der Waals surface area (Å²) in [5, 5.41) is 10.6. The van der Waals surface area contributed by atoms with Gasteiger partial charge < -0.3 is 35.1 Å². The maximum absolute atomic E-state index is 12.3. The second-order valence-corrected chi connectivity index (χ2v) is 13.5. The van der Waals surface area contributed by atoms with Gasteiger partial charge in [-0.25, -0.2) is 14.8 Å². The number of carbonyl (C=O) groups is 1. The molecule has 6 rings (SSSR count). The van der Waals surface area contributed by atoms with Crippen LogP contribution < -0.4 is 16.0 Å². The summed E-state index contributed by atoms with van der Waals surface area (Å²) in [6, 6.07) is 15.6. The summed E-state index contributed by atoms with van der Waals surface area (Å²) in [5.74, 6) is 0.916. The van der Waals surface area contributed by atoms with E-state index >= 15 is 0 Å². The molecule has 12 nitrogen and oxygen atoms in total. The van der Waals surface area contributed by atoms with Crippen LogP contribution in [0.4, 0.5) is 27.8 Å². The van der Waals surface area contributed by atoms with Gasteiger partial charge in [-0.2, -0.15) is 9.97 Å². The quantitative estimate of drug-likeness (QED) is 0.163. The number of ether oxygens (including phenoxy) is 3. The lowest BCUT2D eigenvalue weighted by molar-refractivity contribution is -0.0432. The van der Waals surface area contributed by atoms with E-state index in [0.717, 1.165) is 42.2 Å². The van der Waals surface area contributed by atoms with Gasteiger partial charge >= 0.3 is 6.09 Å². The molecule has 4 heterocycles. The Morgan fingerprint density at radius 3 is 1.80 bits per heavy atom. The zero-order valence-electron chi connectivity index (χ0n) is 27.5. The maximum Gasteiger partial charge on any atom is 0.410 e. The molecule has 4 aromatic rings. The largest absolute Gasteiger partial charge is 0.444 e. The number of carbonyl (C=O) groups excluding carboxylic acids is 1. The van der Waals surface area contributed by atoms with Gasteiger partial charge in [-0.3, -0.25) is 0 Å². The average molecular weight is 787 g/mol. The topological polar surface area (TPSA) is 136 Å². The Morgan fingerprint density at radius 1 is 0.820 bits per heavy atom. The van der Waals surface area contributed by atoms with Crippen LogP contribution in [0.15, 0.2) is 60.9 Å². The van der Waals surface area contributed by atoms with E-state index in [1.165, 1.54) is 12.4 Å². The molecule has 0 bridgehead atoms. The van der Waals surface area contributed by atoms with Gasteiger partial charge in [-0.15, -0.1) is 12.4 Å². The van der Waals surface area contributed by atoms with Gasteiger partial charge in [0.15, 0.2) is 11.6 Å². The summed E-state index contributed by atoms with van der Waals surface area (Å²) in [7, 11) is 0. The second-order valence-electron chi connectivity index (χ2n) is 12.0. The molecule has 2 aliphatic heterocycles. The molecule has 0 aliphatic carbocycles. The molecule has 2 atom stereocenters. The van der Waals surface area contributed by atoms with Crippen LogP contribution in [-0.2, 0) is 14.2 Å². The molecule has 2 aromatic carbocycles. The molecule has 1 amide bonds. The molecule has 0 radical (unpaired) electrons. The predicted octanol–water partition coefficient (Wildman–Crippen LogP) is 8.45. The Kier molecular flexibility index (Phi) is 14.5. The summed E-state index contributed by atoms with van der Waals surface area (Å²) in [6.45, 7) is 9.44. The van der Waals surface area contributed by atoms with Crippen molar-refractivity contribution in [1.29, 1.82) is 0 Å². The van der Waals surface area contributed by atoms with Crippen molar-refractivity contribution in [3.8, 4) is 0 Å². The summed E-state index contributed by atoms with van der Waals surface area (Å²) in [4.78, 5) is 29.7. The van der Waals surface area contributed by atoms with Gasteiger partial charge in [0.25, 0.3) is 0 Å². The number of rotatable bonds is 6. The fourth-order valence-electron chi connectivity index (χ4n) is 4.82. The third-order valence-corrected chi connectivity index (χ3v) is 8.08. The van der Waals surface area contributed by atoms with Crippen LogP contribution in [-0.4, -0.2) is 75.9 Å². The van der Waals surface area contributed by atoms with Crippen LogP contribution in [0.5, 0.6) is 0 Å². The lowest BCUT2D eigenvalue weighted by Gasteiger charge is -2.34. The van der Waals surface area contributed by atoms with Gasteiger partial charge in [0.2, 0.25) is 10.6 Å². The zero-order chi connectivity index (χ0) is 35.0. The molecule has 268 valence electrons. The van der Waals surface area contributed by atoms with Crippen molar-refractivity contribution in [3.05, 3.63) is 92.7 Å². The summed E-state index contributed by atoms with van der Waals surface area (Å²) in [6.07, 6.45) is 2.47. The molecular weight excluding hydrogens is 750 g/mol. The molecule has 0 unspecified atom stereocenters. The second kappa shape index (κ2) is 18.3. The standard InChI is InChI=1S/C19H22Cl2N4O3.C14H14Cl2N4O.ClH/c1-19(2,3)28-18(26)25-8-9-27-15(11-25)12-4-6-13(7-5-12)23-16-14(20)10-22-17(21)24-16;15-11-7-18-14(16)20-13(11)19-10-3-1-9(2-4-10)12-8-17-5-6-21-12;/h4-7,10,15H,8-9,11H2,1-3H3,(H,22,23,24);1-4,7,12,17H,5-6,8H2,(H,18,19,20);1H/t15-;12-;/m11./s1. The summed E-state index contributed by atoms with van der Waals surface area (Å²) in [5.41, 5.74) is 3.24. The third kappa shape index (κ3) is 11.7. The fourth-order valence-corrected chi connectivity index (χ4v) is 5.37. The number of nitrogens with zero attached hydrogens (tertiary/aromatic N) is 5. The molecular formula is C33H37Cl5N8O4. The van der Waals surface area contributed by atoms with Crippen LogP contribution in [0.3, 0.4) is 0 Å². The third-order valence-electron chi connectivity index (χ3n) is 7.17. The van der Waals surface area contributed by atoms with E-state index < -0.39 is 5.60 Å². The normalized spacial score (nSPS) is 17.5. The molecule has 50 heavy (non-hydrogen) atoms. The van der Waals surface area contributed by atoms with E-state index in [2.05, 4.69) is 35.9 Å². The van der Waals surface area contributed by atoms with E-state index in [0.29, 0.717) is 41.4 Å². The number of aromatic nitrogens is 4. The van der Waals surface area contributed by atoms with Gasteiger partial charge in [0, 0.05) is 31.0 Å². The van der Waals surface area contributed by atoms with Crippen molar-refractivity contribution in [2.45, 2.75) is 38.6 Å². The van der Waals surface area contributed by atoms with Gasteiger partial charge in [0.1, 0.15) is 21.8 Å². The van der Waals surface area contributed by atoms with Gasteiger partial charge in [0.05, 0.1) is 38.3 Å². The van der Waals surface area contributed by atoms with Crippen LogP contribution in [0.25, 0.3) is 0 Å². The highest BCUT2D eigenvalue weighted by molar-refractivity contribution is 6.34. The van der Waals surface area contributed by atoms with Crippen molar-refractivity contribution in [1.82, 2.24) is 30.2 Å². The minimum atomic E-state index is -0.524. The smallest absolute Gasteiger partial charge is 0.410 e. The van der Waals surface area contributed by atoms with Crippen molar-refractivity contribution in [2.75, 3.05) is 50.0 Å². The van der Waals surface area contributed by atoms with E-state index in [1.54, 1.807) is 4.90 Å². The van der Waals surface area contributed by atoms with Crippen LogP contribution in [0.2, 0.25) is 20.6 Å². The van der Waals surface area contributed by atoms with Crippen molar-refractivity contribution >= 4 is 87.9 Å². The average Bonchev–Trinajstić information content (AvgIpc) is 3.09. The highest BCUT2D eigenvalue weighted by Gasteiger charge is 2.29. The minimum Gasteiger partial charge on any atom is -0.444 e. The molecule has 3 N–H and O–H groups in total. The number of hydrogen-bond acceptors (Lipinski definition) is 11. The molecule has 2 fully saturated rings. The number of anilines is 4. The van der Waals surface area contributed by atoms with E-state index in [4.69, 9.17) is 60.6 Å². The predicted molar refractivity (Wildman–Crippen MR) is 199 cm³/mol. The highest BCUT2D eigenvalue weighted by Crippen LogP contribution is 2.29. The minimum absolute atomic E-state index is 0. The van der Waals surface area contributed by atoms with E-state index in [-0.39, 0.29) is 41.3 Å². The lowest BCUT2D eigenvalue weighted by atomic mass is 10.1. The SMILES string of the molecule is CC(C)(C)OC(=O)N1CCO[C@@H](c2ccc(Nc3nc(Cl)ncc3Cl)cc2)C1.Cl.Clc1ncc(Cl)c(Nc2ccc([C@H]3CNCCO3)cc2)n1. The molecule has 2 aliphatic rings. The fraction of sp³-hybridized carbons (Fsp3) is 0.364. The van der Waals surface area contributed by atoms with Gasteiger partial charge in [-0.1, -0.05) is 47.5 Å². The Morgan fingerprint density at radius 2 is 1.32 bits per heavy atom.